The van der Waals surface area contributed by atoms with Gasteiger partial charge in [0.1, 0.15) is 5.75 Å². The van der Waals surface area contributed by atoms with Gasteiger partial charge < -0.3 is 4.74 Å². The number of hydrogen-bond donors (Lipinski definition) is 0. The van der Waals surface area contributed by atoms with Crippen molar-refractivity contribution in [1.82, 2.24) is 4.98 Å². The minimum Gasteiger partial charge on any atom is -0.493 e. The molecule has 0 radical (unpaired) electrons. The fourth-order valence-electron chi connectivity index (χ4n) is 4.19. The molecule has 1 aromatic heterocycles. The topological polar surface area (TPSA) is 39.2 Å². The van der Waals surface area contributed by atoms with Gasteiger partial charge in [0.2, 0.25) is 0 Å². The van der Waals surface area contributed by atoms with Gasteiger partial charge in [0, 0.05) is 23.7 Å². The first-order chi connectivity index (χ1) is 13.2. The number of Topliss-reactive ketones (excluding diaryl/α,β-unsaturated/α-hetero) is 1. The molecule has 0 N–H and O–H groups in total. The summed E-state index contributed by atoms with van der Waals surface area (Å²) in [5, 5.41) is 0. The van der Waals surface area contributed by atoms with Crippen molar-refractivity contribution < 1.29 is 9.53 Å². The molecule has 27 heavy (non-hydrogen) atoms. The quantitative estimate of drug-likeness (QED) is 0.562. The second-order valence-corrected chi connectivity index (χ2v) is 7.36. The van der Waals surface area contributed by atoms with Crippen LogP contribution < -0.4 is 4.74 Å². The summed E-state index contributed by atoms with van der Waals surface area (Å²) in [6, 6.07) is 8.42. The van der Waals surface area contributed by atoms with Crippen molar-refractivity contribution in [2.24, 2.45) is 5.92 Å². The molecule has 0 amide bonds. The zero-order chi connectivity index (χ0) is 19.2. The third kappa shape index (κ3) is 4.23. The van der Waals surface area contributed by atoms with Gasteiger partial charge in [0.25, 0.3) is 0 Å². The van der Waals surface area contributed by atoms with Gasteiger partial charge in [-0.05, 0) is 43.7 Å². The summed E-state index contributed by atoms with van der Waals surface area (Å²) in [5.74, 6) is 1.02. The lowest BCUT2D eigenvalue weighted by Crippen LogP contribution is -2.19. The van der Waals surface area contributed by atoms with Crippen molar-refractivity contribution in [3.8, 4) is 17.0 Å². The molecule has 2 aromatic rings. The predicted molar refractivity (Wildman–Crippen MR) is 111 cm³/mol. The molecule has 1 aliphatic rings. The van der Waals surface area contributed by atoms with E-state index in [4.69, 9.17) is 9.72 Å². The standard InChI is InChI=1S/C24H31NO2/c1-4-17-13-10-14-18(5-2)23(17)21-15-22(27-6-3)20(16-25-21)24(26)19-11-8-7-9-12-19/h10,13-16,19H,4-9,11-12H2,1-3H3. The largest absolute Gasteiger partial charge is 0.493 e. The van der Waals surface area contributed by atoms with E-state index in [-0.39, 0.29) is 11.7 Å². The molecule has 0 saturated heterocycles. The van der Waals surface area contributed by atoms with Gasteiger partial charge in [-0.25, -0.2) is 0 Å². The number of rotatable bonds is 7. The third-order valence-electron chi connectivity index (χ3n) is 5.66. The van der Waals surface area contributed by atoms with Crippen LogP contribution in [0.3, 0.4) is 0 Å². The lowest BCUT2D eigenvalue weighted by Gasteiger charge is -2.22. The first-order valence-electron chi connectivity index (χ1n) is 10.5. The van der Waals surface area contributed by atoms with E-state index in [1.54, 1.807) is 6.20 Å². The van der Waals surface area contributed by atoms with Gasteiger partial charge in [0.15, 0.2) is 5.78 Å². The van der Waals surface area contributed by atoms with E-state index in [1.807, 2.05) is 13.0 Å². The molecule has 0 unspecified atom stereocenters. The monoisotopic (exact) mass is 365 g/mol. The summed E-state index contributed by atoms with van der Waals surface area (Å²) in [7, 11) is 0. The Bertz CT molecular complexity index is 769. The van der Waals surface area contributed by atoms with Gasteiger partial charge in [-0.2, -0.15) is 0 Å². The average molecular weight is 366 g/mol. The van der Waals surface area contributed by atoms with Crippen molar-refractivity contribution in [2.75, 3.05) is 6.61 Å². The van der Waals surface area contributed by atoms with Gasteiger partial charge in [-0.1, -0.05) is 51.3 Å². The second kappa shape index (κ2) is 9.16. The normalized spacial score (nSPS) is 14.9. The molecule has 1 heterocycles. The van der Waals surface area contributed by atoms with Crippen LogP contribution in [0.25, 0.3) is 11.3 Å². The Kier molecular flexibility index (Phi) is 6.65. The lowest BCUT2D eigenvalue weighted by atomic mass is 9.84. The minimum atomic E-state index is 0.125. The van der Waals surface area contributed by atoms with E-state index < -0.39 is 0 Å². The molecule has 0 atom stereocenters. The molecule has 3 nitrogen and oxygen atoms in total. The molecule has 0 aliphatic heterocycles. The van der Waals surface area contributed by atoms with E-state index in [1.165, 1.54) is 23.1 Å². The van der Waals surface area contributed by atoms with E-state index in [9.17, 15) is 4.79 Å². The molecule has 1 aliphatic carbocycles. The number of hydrogen-bond acceptors (Lipinski definition) is 3. The maximum Gasteiger partial charge on any atom is 0.171 e. The number of aryl methyl sites for hydroxylation is 2. The highest BCUT2D eigenvalue weighted by molar-refractivity contribution is 6.00. The number of nitrogens with zero attached hydrogens (tertiary/aromatic N) is 1. The zero-order valence-electron chi connectivity index (χ0n) is 16.9. The molecular formula is C24H31NO2. The van der Waals surface area contributed by atoms with E-state index in [2.05, 4.69) is 32.0 Å². The first-order valence-corrected chi connectivity index (χ1v) is 10.5. The Hall–Kier alpha value is -2.16. The van der Waals surface area contributed by atoms with Crippen molar-refractivity contribution in [2.45, 2.75) is 65.7 Å². The van der Waals surface area contributed by atoms with Crippen LogP contribution in [0.15, 0.2) is 30.5 Å². The summed E-state index contributed by atoms with van der Waals surface area (Å²) in [4.78, 5) is 17.8. The van der Waals surface area contributed by atoms with Crippen LogP contribution in [-0.4, -0.2) is 17.4 Å². The van der Waals surface area contributed by atoms with Crippen LogP contribution >= 0.6 is 0 Å². The van der Waals surface area contributed by atoms with Crippen molar-refractivity contribution in [3.63, 3.8) is 0 Å². The maximum atomic E-state index is 13.1. The lowest BCUT2D eigenvalue weighted by molar-refractivity contribution is 0.0885. The Morgan fingerprint density at radius 1 is 1.07 bits per heavy atom. The Morgan fingerprint density at radius 3 is 2.33 bits per heavy atom. The summed E-state index contributed by atoms with van der Waals surface area (Å²) >= 11 is 0. The van der Waals surface area contributed by atoms with Crippen LogP contribution in [-0.2, 0) is 12.8 Å². The van der Waals surface area contributed by atoms with E-state index >= 15 is 0 Å². The highest BCUT2D eigenvalue weighted by atomic mass is 16.5. The van der Waals surface area contributed by atoms with Crippen LogP contribution in [0.2, 0.25) is 0 Å². The highest BCUT2D eigenvalue weighted by Gasteiger charge is 2.26. The molecule has 1 aromatic carbocycles. The van der Waals surface area contributed by atoms with E-state index in [0.717, 1.165) is 44.2 Å². The smallest absolute Gasteiger partial charge is 0.171 e. The number of ketones is 1. The highest BCUT2D eigenvalue weighted by Crippen LogP contribution is 2.34. The second-order valence-electron chi connectivity index (χ2n) is 7.36. The summed E-state index contributed by atoms with van der Waals surface area (Å²) in [6.07, 6.45) is 9.19. The summed E-state index contributed by atoms with van der Waals surface area (Å²) in [6.45, 7) is 6.85. The Morgan fingerprint density at radius 2 is 1.74 bits per heavy atom. The number of benzene rings is 1. The number of pyridine rings is 1. The molecular weight excluding hydrogens is 334 g/mol. The fourth-order valence-corrected chi connectivity index (χ4v) is 4.19. The number of aromatic nitrogens is 1. The molecule has 1 fully saturated rings. The molecule has 0 bridgehead atoms. The van der Waals surface area contributed by atoms with Crippen molar-refractivity contribution >= 4 is 5.78 Å². The van der Waals surface area contributed by atoms with E-state index in [0.29, 0.717) is 17.9 Å². The molecule has 3 rings (SSSR count). The van der Waals surface area contributed by atoms with Crippen LogP contribution in [0, 0.1) is 5.92 Å². The van der Waals surface area contributed by atoms with Gasteiger partial charge in [0.05, 0.1) is 17.9 Å². The SMILES string of the molecule is CCOc1cc(-c2c(CC)cccc2CC)ncc1C(=O)C1CCCCC1. The predicted octanol–water partition coefficient (Wildman–Crippen LogP) is 6.04. The summed E-state index contributed by atoms with van der Waals surface area (Å²) in [5.41, 5.74) is 5.33. The van der Waals surface area contributed by atoms with Crippen molar-refractivity contribution in [1.29, 1.82) is 0 Å². The molecule has 1 saturated carbocycles. The third-order valence-corrected chi connectivity index (χ3v) is 5.66. The number of ether oxygens (including phenoxy) is 1. The van der Waals surface area contributed by atoms with Crippen LogP contribution in [0.1, 0.15) is 74.4 Å². The van der Waals surface area contributed by atoms with Gasteiger partial charge >= 0.3 is 0 Å². The fraction of sp³-hybridized carbons (Fsp3) is 0.500. The zero-order valence-corrected chi connectivity index (χ0v) is 16.9. The number of carbonyl (C=O) groups excluding carboxylic acids is 1. The Balaban J connectivity index is 2.03. The molecule has 0 spiro atoms. The van der Waals surface area contributed by atoms with Crippen LogP contribution in [0.5, 0.6) is 5.75 Å². The van der Waals surface area contributed by atoms with Crippen LogP contribution in [0.4, 0.5) is 0 Å². The maximum absolute atomic E-state index is 13.1. The Labute approximate surface area is 163 Å². The average Bonchev–Trinajstić information content (AvgIpc) is 2.73. The minimum absolute atomic E-state index is 0.125. The van der Waals surface area contributed by atoms with Gasteiger partial charge in [-0.15, -0.1) is 0 Å². The molecule has 3 heteroatoms. The summed E-state index contributed by atoms with van der Waals surface area (Å²) < 4.78 is 5.90. The van der Waals surface area contributed by atoms with Gasteiger partial charge in [-0.3, -0.25) is 9.78 Å². The van der Waals surface area contributed by atoms with Crippen molar-refractivity contribution in [3.05, 3.63) is 47.2 Å². The molecule has 144 valence electrons. The number of carbonyl (C=O) groups is 1. The first kappa shape index (κ1) is 19.6.